The smallest absolute Gasteiger partial charge is 0.227 e. The number of hydrogen-bond donors (Lipinski definition) is 3. The highest BCUT2D eigenvalue weighted by molar-refractivity contribution is 5.95. The van der Waals surface area contributed by atoms with E-state index in [0.29, 0.717) is 5.95 Å². The molecule has 4 aromatic rings. The highest BCUT2D eigenvalue weighted by atomic mass is 16.1. The van der Waals surface area contributed by atoms with E-state index in [4.69, 9.17) is 10.7 Å². The number of nitrogens with zero attached hydrogens (tertiary/aromatic N) is 4. The number of piperazine rings is 1. The van der Waals surface area contributed by atoms with Gasteiger partial charge in [-0.15, -0.1) is 0 Å². The number of rotatable bonds is 5. The fourth-order valence-electron chi connectivity index (χ4n) is 4.38. The maximum absolute atomic E-state index is 11.3. The molecule has 5 rings (SSSR count). The Bertz CT molecular complexity index is 1360. The molecule has 0 unspecified atom stereocenters. The number of anilines is 5. The molecule has 1 aliphatic heterocycles. The molecule has 3 aromatic carbocycles. The summed E-state index contributed by atoms with van der Waals surface area (Å²) in [6.07, 6.45) is 1.82. The van der Waals surface area contributed by atoms with E-state index in [-0.39, 0.29) is 5.91 Å². The number of nitrogen functional groups attached to an aromatic ring is 1. The zero-order valence-electron chi connectivity index (χ0n) is 20.0. The summed E-state index contributed by atoms with van der Waals surface area (Å²) in [6.45, 7) is 5.49. The third-order valence-corrected chi connectivity index (χ3v) is 6.25. The molecule has 35 heavy (non-hydrogen) atoms. The summed E-state index contributed by atoms with van der Waals surface area (Å²) in [5.41, 5.74) is 12.7. The fourth-order valence-corrected chi connectivity index (χ4v) is 4.38. The van der Waals surface area contributed by atoms with Crippen molar-refractivity contribution >= 4 is 45.5 Å². The second-order valence-corrected chi connectivity index (χ2v) is 8.88. The van der Waals surface area contributed by atoms with Gasteiger partial charge in [-0.05, 0) is 42.9 Å². The maximum atomic E-state index is 11.3. The van der Waals surface area contributed by atoms with E-state index in [1.807, 2.05) is 60.8 Å². The number of para-hydroxylation sites is 1. The van der Waals surface area contributed by atoms with Gasteiger partial charge in [0.05, 0.1) is 16.9 Å². The first-order valence-corrected chi connectivity index (χ1v) is 11.7. The zero-order chi connectivity index (χ0) is 24.4. The van der Waals surface area contributed by atoms with Crippen LogP contribution in [0.2, 0.25) is 0 Å². The molecule has 0 atom stereocenters. The first-order chi connectivity index (χ1) is 17.0. The van der Waals surface area contributed by atoms with Crippen LogP contribution in [0, 0.1) is 0 Å². The Hall–Kier alpha value is -4.17. The minimum Gasteiger partial charge on any atom is -0.397 e. The van der Waals surface area contributed by atoms with Crippen LogP contribution < -0.4 is 21.3 Å². The molecular formula is C27H29N7O. The third kappa shape index (κ3) is 5.02. The molecule has 0 radical (unpaired) electrons. The predicted octanol–water partition coefficient (Wildman–Crippen LogP) is 4.33. The molecule has 1 fully saturated rings. The molecule has 1 amide bonds. The fraction of sp³-hybridized carbons (Fsp3) is 0.222. The first-order valence-electron chi connectivity index (χ1n) is 11.7. The highest BCUT2D eigenvalue weighted by Gasteiger charge is 2.16. The lowest BCUT2D eigenvalue weighted by molar-refractivity contribution is -0.114. The van der Waals surface area contributed by atoms with E-state index < -0.39 is 0 Å². The van der Waals surface area contributed by atoms with Gasteiger partial charge in [-0.25, -0.2) is 9.97 Å². The van der Waals surface area contributed by atoms with Gasteiger partial charge in [-0.2, -0.15) is 0 Å². The SMILES string of the molecule is CC(=O)Nc1ccc(-c2cccc3cnc(Nc4ccc(N5CCN(C)CC5)c(N)c4)nc23)cc1. The summed E-state index contributed by atoms with van der Waals surface area (Å²) < 4.78 is 0. The number of carbonyl (C=O) groups is 1. The Balaban J connectivity index is 1.40. The number of benzene rings is 3. The largest absolute Gasteiger partial charge is 0.397 e. The number of aromatic nitrogens is 2. The minimum atomic E-state index is -0.0939. The Labute approximate surface area is 204 Å². The molecule has 1 aromatic heterocycles. The number of carbonyl (C=O) groups excluding carboxylic acids is 1. The highest BCUT2D eigenvalue weighted by Crippen LogP contribution is 2.31. The number of likely N-dealkylation sites (N-methyl/N-ethyl adjacent to an activating group) is 1. The Morgan fingerprint density at radius 1 is 0.971 bits per heavy atom. The monoisotopic (exact) mass is 467 g/mol. The Morgan fingerprint density at radius 3 is 2.43 bits per heavy atom. The zero-order valence-corrected chi connectivity index (χ0v) is 20.0. The van der Waals surface area contributed by atoms with Crippen LogP contribution in [0.3, 0.4) is 0 Å². The van der Waals surface area contributed by atoms with Gasteiger partial charge < -0.3 is 26.2 Å². The van der Waals surface area contributed by atoms with Crippen LogP contribution in [0.25, 0.3) is 22.0 Å². The molecule has 0 saturated carbocycles. The lowest BCUT2D eigenvalue weighted by Crippen LogP contribution is -2.44. The van der Waals surface area contributed by atoms with Crippen LogP contribution in [-0.4, -0.2) is 54.0 Å². The van der Waals surface area contributed by atoms with Crippen molar-refractivity contribution in [2.24, 2.45) is 0 Å². The average Bonchev–Trinajstić information content (AvgIpc) is 2.85. The van der Waals surface area contributed by atoms with Crippen LogP contribution in [0.1, 0.15) is 6.92 Å². The summed E-state index contributed by atoms with van der Waals surface area (Å²) in [7, 11) is 2.14. The summed E-state index contributed by atoms with van der Waals surface area (Å²) in [6, 6.07) is 19.8. The van der Waals surface area contributed by atoms with Crippen molar-refractivity contribution < 1.29 is 4.79 Å². The molecular weight excluding hydrogens is 438 g/mol. The average molecular weight is 468 g/mol. The van der Waals surface area contributed by atoms with Gasteiger partial charge >= 0.3 is 0 Å². The second kappa shape index (κ2) is 9.60. The van der Waals surface area contributed by atoms with Gasteiger partial charge in [0.25, 0.3) is 0 Å². The van der Waals surface area contributed by atoms with Crippen molar-refractivity contribution in [3.63, 3.8) is 0 Å². The van der Waals surface area contributed by atoms with Gasteiger partial charge in [-0.1, -0.05) is 30.3 Å². The van der Waals surface area contributed by atoms with Crippen molar-refractivity contribution in [2.45, 2.75) is 6.92 Å². The van der Waals surface area contributed by atoms with Crippen molar-refractivity contribution in [1.29, 1.82) is 0 Å². The standard InChI is InChI=1S/C27H29N7O/c1-18(35)30-21-8-6-19(7-9-21)23-5-3-4-20-17-29-27(32-26(20)23)31-22-10-11-25(24(28)16-22)34-14-12-33(2)13-15-34/h3-11,16-17H,12-15,28H2,1-2H3,(H,30,35)(H,29,31,32). The van der Waals surface area contributed by atoms with Crippen LogP contribution in [0.4, 0.5) is 28.7 Å². The van der Waals surface area contributed by atoms with Crippen molar-refractivity contribution in [3.05, 3.63) is 66.9 Å². The van der Waals surface area contributed by atoms with E-state index >= 15 is 0 Å². The molecule has 8 heteroatoms. The molecule has 2 heterocycles. The van der Waals surface area contributed by atoms with E-state index in [2.05, 4.69) is 38.5 Å². The molecule has 8 nitrogen and oxygen atoms in total. The summed E-state index contributed by atoms with van der Waals surface area (Å²) in [5, 5.41) is 7.05. The normalized spacial score (nSPS) is 14.2. The quantitative estimate of drug-likeness (QED) is 0.376. The van der Waals surface area contributed by atoms with Crippen molar-refractivity contribution in [1.82, 2.24) is 14.9 Å². The summed E-state index contributed by atoms with van der Waals surface area (Å²) >= 11 is 0. The van der Waals surface area contributed by atoms with Crippen LogP contribution in [0.5, 0.6) is 0 Å². The van der Waals surface area contributed by atoms with E-state index in [1.165, 1.54) is 6.92 Å². The topological polar surface area (TPSA) is 99.4 Å². The molecule has 1 saturated heterocycles. The van der Waals surface area contributed by atoms with Gasteiger partial charge in [-0.3, -0.25) is 4.79 Å². The molecule has 0 bridgehead atoms. The minimum absolute atomic E-state index is 0.0939. The molecule has 0 aliphatic carbocycles. The third-order valence-electron chi connectivity index (χ3n) is 6.25. The number of nitrogens with two attached hydrogens (primary N) is 1. The van der Waals surface area contributed by atoms with E-state index in [9.17, 15) is 4.79 Å². The Kier molecular flexibility index (Phi) is 6.20. The first kappa shape index (κ1) is 22.6. The molecule has 0 spiro atoms. The van der Waals surface area contributed by atoms with E-state index in [0.717, 1.165) is 71.0 Å². The Morgan fingerprint density at radius 2 is 1.71 bits per heavy atom. The lowest BCUT2D eigenvalue weighted by Gasteiger charge is -2.34. The maximum Gasteiger partial charge on any atom is 0.227 e. The van der Waals surface area contributed by atoms with Crippen LogP contribution >= 0.6 is 0 Å². The molecule has 4 N–H and O–H groups in total. The number of nitrogens with one attached hydrogen (secondary N) is 2. The number of fused-ring (bicyclic) bond motifs is 1. The van der Waals surface area contributed by atoms with Gasteiger partial charge in [0, 0.05) is 61.6 Å². The molecule has 1 aliphatic rings. The number of amides is 1. The van der Waals surface area contributed by atoms with Gasteiger partial charge in [0.2, 0.25) is 11.9 Å². The number of hydrogen-bond acceptors (Lipinski definition) is 7. The molecule has 178 valence electrons. The van der Waals surface area contributed by atoms with Gasteiger partial charge in [0.15, 0.2) is 0 Å². The van der Waals surface area contributed by atoms with E-state index in [1.54, 1.807) is 0 Å². The predicted molar refractivity (Wildman–Crippen MR) is 143 cm³/mol. The van der Waals surface area contributed by atoms with Crippen molar-refractivity contribution in [2.75, 3.05) is 54.5 Å². The van der Waals surface area contributed by atoms with Crippen molar-refractivity contribution in [3.8, 4) is 11.1 Å². The second-order valence-electron chi connectivity index (χ2n) is 8.88. The van der Waals surface area contributed by atoms with Gasteiger partial charge in [0.1, 0.15) is 0 Å². The lowest BCUT2D eigenvalue weighted by atomic mass is 10.0. The van der Waals surface area contributed by atoms with Crippen LogP contribution in [0.15, 0.2) is 66.9 Å². The summed E-state index contributed by atoms with van der Waals surface area (Å²) in [5.74, 6) is 0.412. The van der Waals surface area contributed by atoms with Crippen LogP contribution in [-0.2, 0) is 4.79 Å². The summed E-state index contributed by atoms with van der Waals surface area (Å²) in [4.78, 5) is 25.3.